The second-order valence-corrected chi connectivity index (χ2v) is 7.04. The van der Waals surface area contributed by atoms with Crippen LogP contribution in [0, 0.1) is 11.8 Å². The van der Waals surface area contributed by atoms with Gasteiger partial charge in [0.15, 0.2) is 0 Å². The zero-order valence-electron chi connectivity index (χ0n) is 12.9. The van der Waals surface area contributed by atoms with E-state index in [1.165, 1.54) is 11.1 Å². The highest BCUT2D eigenvalue weighted by Gasteiger charge is 2.24. The smallest absolute Gasteiger partial charge is 0.287 e. The molecule has 1 aromatic carbocycles. The topological polar surface area (TPSA) is 38.1 Å². The number of rotatable bonds is 2. The van der Waals surface area contributed by atoms with Crippen molar-refractivity contribution in [1.82, 2.24) is 9.78 Å². The molecule has 2 atom stereocenters. The van der Waals surface area contributed by atoms with Crippen LogP contribution in [0.3, 0.4) is 0 Å². The Labute approximate surface area is 138 Å². The first-order valence-electron chi connectivity index (χ1n) is 7.64. The lowest BCUT2D eigenvalue weighted by molar-refractivity contribution is 0.356. The molecule has 0 amide bonds. The van der Waals surface area contributed by atoms with Crippen molar-refractivity contribution in [2.75, 3.05) is 18.0 Å². The van der Waals surface area contributed by atoms with Crippen molar-refractivity contribution in [2.45, 2.75) is 20.3 Å². The lowest BCUT2D eigenvalue weighted by Crippen LogP contribution is -2.40. The monoisotopic (exact) mass is 361 g/mol. The highest BCUT2D eigenvalue weighted by Crippen LogP contribution is 2.29. The van der Waals surface area contributed by atoms with Gasteiger partial charge in [-0.15, -0.1) is 0 Å². The molecule has 2 unspecified atom stereocenters. The molecule has 116 valence electrons. The van der Waals surface area contributed by atoms with Gasteiger partial charge in [0.05, 0.1) is 17.6 Å². The summed E-state index contributed by atoms with van der Waals surface area (Å²) in [7, 11) is 0. The first-order valence-corrected chi connectivity index (χ1v) is 8.43. The molecule has 4 nitrogen and oxygen atoms in total. The minimum absolute atomic E-state index is 0.116. The van der Waals surface area contributed by atoms with Gasteiger partial charge >= 0.3 is 0 Å². The number of para-hydroxylation sites is 1. The summed E-state index contributed by atoms with van der Waals surface area (Å²) in [6, 6.07) is 9.49. The predicted octanol–water partition coefficient (Wildman–Crippen LogP) is 3.48. The number of halogens is 1. The van der Waals surface area contributed by atoms with Crippen LogP contribution in [0.1, 0.15) is 20.3 Å². The number of aromatic nitrogens is 2. The zero-order valence-corrected chi connectivity index (χ0v) is 14.5. The standard InChI is InChI=1S/C17H20BrN3O/c1-12-8-13(2)11-20(10-12)15-9-19-21(17(22)16(15)18)14-6-4-3-5-7-14/h3-7,9,12-13H,8,10-11H2,1-2H3. The average molecular weight is 362 g/mol. The van der Waals surface area contributed by atoms with Crippen LogP contribution in [0.15, 0.2) is 45.8 Å². The van der Waals surface area contributed by atoms with E-state index in [4.69, 9.17) is 0 Å². The third-order valence-electron chi connectivity index (χ3n) is 4.11. The van der Waals surface area contributed by atoms with E-state index in [-0.39, 0.29) is 5.56 Å². The van der Waals surface area contributed by atoms with Gasteiger partial charge in [0.1, 0.15) is 4.47 Å². The summed E-state index contributed by atoms with van der Waals surface area (Å²) in [5.41, 5.74) is 1.56. The quantitative estimate of drug-likeness (QED) is 0.821. The maximum atomic E-state index is 12.6. The third kappa shape index (κ3) is 2.95. The maximum absolute atomic E-state index is 12.6. The van der Waals surface area contributed by atoms with E-state index in [2.05, 4.69) is 39.8 Å². The lowest BCUT2D eigenvalue weighted by Gasteiger charge is -2.36. The zero-order chi connectivity index (χ0) is 15.7. The van der Waals surface area contributed by atoms with Crippen molar-refractivity contribution >= 4 is 21.6 Å². The van der Waals surface area contributed by atoms with Crippen molar-refractivity contribution in [3.8, 4) is 5.69 Å². The number of benzene rings is 1. The fraction of sp³-hybridized carbons (Fsp3) is 0.412. The first-order chi connectivity index (χ1) is 10.6. The van der Waals surface area contributed by atoms with E-state index in [1.807, 2.05) is 30.3 Å². The van der Waals surface area contributed by atoms with Crippen molar-refractivity contribution in [3.63, 3.8) is 0 Å². The summed E-state index contributed by atoms with van der Waals surface area (Å²) in [4.78, 5) is 14.9. The number of hydrogen-bond donors (Lipinski definition) is 0. The number of anilines is 1. The van der Waals surface area contributed by atoms with E-state index in [0.29, 0.717) is 16.3 Å². The summed E-state index contributed by atoms with van der Waals surface area (Å²) < 4.78 is 2.03. The average Bonchev–Trinajstić information content (AvgIpc) is 2.50. The predicted molar refractivity (Wildman–Crippen MR) is 92.7 cm³/mol. The van der Waals surface area contributed by atoms with Gasteiger partial charge in [-0.2, -0.15) is 9.78 Å². The normalized spacial score (nSPS) is 21.9. The minimum atomic E-state index is -0.116. The van der Waals surface area contributed by atoms with Crippen LogP contribution in [0.5, 0.6) is 0 Å². The largest absolute Gasteiger partial charge is 0.369 e. The van der Waals surface area contributed by atoms with Crippen LogP contribution < -0.4 is 10.5 Å². The fourth-order valence-corrected chi connectivity index (χ4v) is 3.78. The van der Waals surface area contributed by atoms with Gasteiger partial charge in [-0.1, -0.05) is 32.0 Å². The first kappa shape index (κ1) is 15.3. The third-order valence-corrected chi connectivity index (χ3v) is 4.86. The molecule has 0 spiro atoms. The van der Waals surface area contributed by atoms with E-state index >= 15 is 0 Å². The highest BCUT2D eigenvalue weighted by molar-refractivity contribution is 9.10. The maximum Gasteiger partial charge on any atom is 0.287 e. The second kappa shape index (κ2) is 6.24. The molecule has 0 saturated carbocycles. The summed E-state index contributed by atoms with van der Waals surface area (Å²) >= 11 is 3.49. The van der Waals surface area contributed by atoms with Crippen LogP contribution in [0.4, 0.5) is 5.69 Å². The Morgan fingerprint density at radius 1 is 1.14 bits per heavy atom. The van der Waals surface area contributed by atoms with Crippen LogP contribution >= 0.6 is 15.9 Å². The van der Waals surface area contributed by atoms with Crippen LogP contribution in [0.2, 0.25) is 0 Å². The van der Waals surface area contributed by atoms with Crippen molar-refractivity contribution in [3.05, 3.63) is 51.4 Å². The molecule has 22 heavy (non-hydrogen) atoms. The molecule has 3 rings (SSSR count). The van der Waals surface area contributed by atoms with Gasteiger partial charge in [0.25, 0.3) is 5.56 Å². The Balaban J connectivity index is 1.98. The number of piperidine rings is 1. The van der Waals surface area contributed by atoms with E-state index in [9.17, 15) is 4.79 Å². The van der Waals surface area contributed by atoms with E-state index in [0.717, 1.165) is 24.5 Å². The Bertz CT molecular complexity index is 704. The van der Waals surface area contributed by atoms with Gasteiger partial charge in [-0.25, -0.2) is 0 Å². The molecule has 0 N–H and O–H groups in total. The molecule has 1 aliphatic heterocycles. The SMILES string of the molecule is CC1CC(C)CN(c2cnn(-c3ccccc3)c(=O)c2Br)C1. The Morgan fingerprint density at radius 2 is 1.77 bits per heavy atom. The molecule has 0 aliphatic carbocycles. The molecular formula is C17H20BrN3O. The Hall–Kier alpha value is -1.62. The molecule has 2 aromatic rings. The Kier molecular flexibility index (Phi) is 4.34. The minimum Gasteiger partial charge on any atom is -0.369 e. The molecule has 0 bridgehead atoms. The molecule has 0 radical (unpaired) electrons. The fourth-order valence-electron chi connectivity index (χ4n) is 3.26. The summed E-state index contributed by atoms with van der Waals surface area (Å²) in [5, 5.41) is 4.37. The van der Waals surface area contributed by atoms with E-state index in [1.54, 1.807) is 6.20 Å². The molecule has 1 aromatic heterocycles. The van der Waals surface area contributed by atoms with Gasteiger partial charge in [-0.05, 0) is 46.3 Å². The van der Waals surface area contributed by atoms with Crippen molar-refractivity contribution in [1.29, 1.82) is 0 Å². The molecule has 1 fully saturated rings. The molecule has 5 heteroatoms. The Morgan fingerprint density at radius 3 is 2.41 bits per heavy atom. The second-order valence-electron chi connectivity index (χ2n) is 6.25. The molecule has 1 saturated heterocycles. The highest BCUT2D eigenvalue weighted by atomic mass is 79.9. The van der Waals surface area contributed by atoms with Gasteiger partial charge in [-0.3, -0.25) is 4.79 Å². The van der Waals surface area contributed by atoms with Crippen LogP contribution in [0.25, 0.3) is 5.69 Å². The van der Waals surface area contributed by atoms with Crippen LogP contribution in [-0.4, -0.2) is 22.9 Å². The van der Waals surface area contributed by atoms with Gasteiger partial charge in [0.2, 0.25) is 0 Å². The van der Waals surface area contributed by atoms with Gasteiger partial charge in [0, 0.05) is 13.1 Å². The summed E-state index contributed by atoms with van der Waals surface area (Å²) in [6.45, 7) is 6.46. The van der Waals surface area contributed by atoms with Crippen LogP contribution in [-0.2, 0) is 0 Å². The number of nitrogens with zero attached hydrogens (tertiary/aromatic N) is 3. The molecular weight excluding hydrogens is 342 g/mol. The van der Waals surface area contributed by atoms with Crippen molar-refractivity contribution in [2.24, 2.45) is 11.8 Å². The van der Waals surface area contributed by atoms with Gasteiger partial charge < -0.3 is 4.90 Å². The number of hydrogen-bond acceptors (Lipinski definition) is 3. The van der Waals surface area contributed by atoms with E-state index < -0.39 is 0 Å². The van der Waals surface area contributed by atoms with Crippen molar-refractivity contribution < 1.29 is 0 Å². The molecule has 2 heterocycles. The lowest BCUT2D eigenvalue weighted by atomic mass is 9.92. The summed E-state index contributed by atoms with van der Waals surface area (Å²) in [6.07, 6.45) is 3.03. The summed E-state index contributed by atoms with van der Waals surface area (Å²) in [5.74, 6) is 1.26. The molecule has 1 aliphatic rings.